The molecule has 0 amide bonds. The fourth-order valence-electron chi connectivity index (χ4n) is 1.09. The molecule has 0 aliphatic carbocycles. The maximum atomic E-state index is 11.5. The first-order chi connectivity index (χ1) is 8.36. The van der Waals surface area contributed by atoms with E-state index in [1.807, 2.05) is 4.72 Å². The van der Waals surface area contributed by atoms with Crippen LogP contribution in [-0.2, 0) is 29.1 Å². The van der Waals surface area contributed by atoms with Crippen LogP contribution in [-0.4, -0.2) is 58.1 Å². The van der Waals surface area contributed by atoms with Gasteiger partial charge in [-0.3, -0.25) is 9.59 Å². The van der Waals surface area contributed by atoms with Crippen molar-refractivity contribution in [2.75, 3.05) is 26.6 Å². The van der Waals surface area contributed by atoms with Crippen LogP contribution in [0.25, 0.3) is 0 Å². The summed E-state index contributed by atoms with van der Waals surface area (Å²) in [6.07, 6.45) is 0.0146. The number of aliphatic hydroxyl groups is 1. The molecule has 0 rings (SSSR count). The predicted molar refractivity (Wildman–Crippen MR) is 61.1 cm³/mol. The third kappa shape index (κ3) is 6.52. The van der Waals surface area contributed by atoms with Crippen molar-refractivity contribution in [3.63, 3.8) is 0 Å². The van der Waals surface area contributed by atoms with E-state index in [9.17, 15) is 18.0 Å². The normalized spacial score (nSPS) is 12.8. The molecule has 106 valence electrons. The lowest BCUT2D eigenvalue weighted by atomic mass is 10.3. The number of hydrogen-bond acceptors (Lipinski definition) is 7. The molecule has 18 heavy (non-hydrogen) atoms. The first kappa shape index (κ1) is 16.8. The predicted octanol–water partition coefficient (Wildman–Crippen LogP) is -1.61. The molecule has 0 radical (unpaired) electrons. The molecule has 1 atom stereocenters. The molecule has 0 saturated carbocycles. The van der Waals surface area contributed by atoms with Crippen LogP contribution in [0.5, 0.6) is 0 Å². The van der Waals surface area contributed by atoms with Gasteiger partial charge in [0.2, 0.25) is 10.0 Å². The molecule has 0 aromatic heterocycles. The molecule has 0 aliphatic heterocycles. The number of sulfonamides is 1. The Bertz CT molecular complexity index is 378. The van der Waals surface area contributed by atoms with Crippen LogP contribution >= 0.6 is 0 Å². The Morgan fingerprint density at radius 1 is 1.28 bits per heavy atom. The van der Waals surface area contributed by atoms with Gasteiger partial charge in [-0.1, -0.05) is 0 Å². The van der Waals surface area contributed by atoms with E-state index in [4.69, 9.17) is 5.11 Å². The van der Waals surface area contributed by atoms with Crippen molar-refractivity contribution in [1.82, 2.24) is 4.72 Å². The number of hydrogen-bond donors (Lipinski definition) is 2. The highest BCUT2D eigenvalue weighted by atomic mass is 32.2. The molecule has 0 spiro atoms. The average Bonchev–Trinajstić information content (AvgIpc) is 2.34. The Balaban J connectivity index is 4.29. The van der Waals surface area contributed by atoms with E-state index in [1.54, 1.807) is 0 Å². The number of aliphatic hydroxyl groups excluding tert-OH is 1. The van der Waals surface area contributed by atoms with Crippen LogP contribution in [0.1, 0.15) is 12.8 Å². The van der Waals surface area contributed by atoms with Crippen molar-refractivity contribution < 1.29 is 32.6 Å². The zero-order valence-electron chi connectivity index (χ0n) is 10.2. The molecular formula is C9H17NO7S. The summed E-state index contributed by atoms with van der Waals surface area (Å²) in [4.78, 5) is 21.8. The van der Waals surface area contributed by atoms with Gasteiger partial charge in [0, 0.05) is 6.42 Å². The van der Waals surface area contributed by atoms with E-state index in [0.717, 1.165) is 7.11 Å². The number of carbonyl (C=O) groups excluding carboxylic acids is 2. The van der Waals surface area contributed by atoms with Gasteiger partial charge < -0.3 is 14.6 Å². The summed E-state index contributed by atoms with van der Waals surface area (Å²) >= 11 is 0. The van der Waals surface area contributed by atoms with Gasteiger partial charge >= 0.3 is 11.9 Å². The third-order valence-corrected chi connectivity index (χ3v) is 3.48. The minimum absolute atomic E-state index is 0.0422. The molecule has 8 nitrogen and oxygen atoms in total. The molecule has 0 aromatic rings. The maximum Gasteiger partial charge on any atom is 0.326 e. The van der Waals surface area contributed by atoms with Gasteiger partial charge in [-0.25, -0.2) is 8.42 Å². The van der Waals surface area contributed by atoms with E-state index < -0.39 is 34.6 Å². The minimum Gasteiger partial charge on any atom is -0.469 e. The van der Waals surface area contributed by atoms with Crippen molar-refractivity contribution in [3.8, 4) is 0 Å². The molecule has 0 heterocycles. The van der Waals surface area contributed by atoms with E-state index in [0.29, 0.717) is 0 Å². The Morgan fingerprint density at radius 2 is 1.89 bits per heavy atom. The highest BCUT2D eigenvalue weighted by Crippen LogP contribution is 1.99. The summed E-state index contributed by atoms with van der Waals surface area (Å²) in [6, 6.07) is -1.34. The summed E-state index contributed by atoms with van der Waals surface area (Å²) in [7, 11) is -1.49. The largest absolute Gasteiger partial charge is 0.469 e. The average molecular weight is 283 g/mol. The van der Waals surface area contributed by atoms with Crippen LogP contribution in [0.2, 0.25) is 0 Å². The third-order valence-electron chi connectivity index (χ3n) is 2.01. The highest BCUT2D eigenvalue weighted by Gasteiger charge is 2.24. The van der Waals surface area contributed by atoms with E-state index in [-0.39, 0.29) is 18.6 Å². The molecule has 2 N–H and O–H groups in total. The van der Waals surface area contributed by atoms with Crippen molar-refractivity contribution in [1.29, 1.82) is 0 Å². The van der Waals surface area contributed by atoms with Gasteiger partial charge in [-0.05, 0) is 6.42 Å². The van der Waals surface area contributed by atoms with E-state index in [1.165, 1.54) is 7.11 Å². The molecular weight excluding hydrogens is 266 g/mol. The summed E-state index contributed by atoms with van der Waals surface area (Å²) < 4.78 is 33.7. The second-order valence-electron chi connectivity index (χ2n) is 3.37. The zero-order valence-corrected chi connectivity index (χ0v) is 11.0. The number of ether oxygens (including phenoxy) is 2. The van der Waals surface area contributed by atoms with Crippen LogP contribution in [0.4, 0.5) is 0 Å². The first-order valence-electron chi connectivity index (χ1n) is 5.11. The second-order valence-corrected chi connectivity index (χ2v) is 5.25. The van der Waals surface area contributed by atoms with Crippen LogP contribution < -0.4 is 4.72 Å². The standard InChI is InChI=1S/C9H17NO7S/c1-16-8(12)4-3-5-18(14,15)10-7(6-11)9(13)17-2/h7,10-11H,3-6H2,1-2H3. The van der Waals surface area contributed by atoms with Gasteiger partial charge in [-0.15, -0.1) is 0 Å². The molecule has 1 unspecified atom stereocenters. The SMILES string of the molecule is COC(=O)CCCS(=O)(=O)NC(CO)C(=O)OC. The monoisotopic (exact) mass is 283 g/mol. The van der Waals surface area contributed by atoms with Crippen LogP contribution in [0, 0.1) is 0 Å². The number of carbonyl (C=O) groups is 2. The van der Waals surface area contributed by atoms with E-state index in [2.05, 4.69) is 9.47 Å². The fourth-order valence-corrected chi connectivity index (χ4v) is 2.33. The Morgan fingerprint density at radius 3 is 2.33 bits per heavy atom. The van der Waals surface area contributed by atoms with Gasteiger partial charge in [0.25, 0.3) is 0 Å². The molecule has 0 bridgehead atoms. The highest BCUT2D eigenvalue weighted by molar-refractivity contribution is 7.89. The summed E-state index contributed by atoms with van der Waals surface area (Å²) in [5.41, 5.74) is 0. The lowest BCUT2D eigenvalue weighted by molar-refractivity contribution is -0.143. The van der Waals surface area contributed by atoms with Gasteiger partial charge in [0.1, 0.15) is 6.04 Å². The Labute approximate surface area is 105 Å². The van der Waals surface area contributed by atoms with Crippen LogP contribution in [0.3, 0.4) is 0 Å². The lowest BCUT2D eigenvalue weighted by Crippen LogP contribution is -2.44. The molecule has 9 heteroatoms. The molecule has 0 aliphatic rings. The quantitative estimate of drug-likeness (QED) is 0.514. The number of nitrogens with one attached hydrogen (secondary N) is 1. The fraction of sp³-hybridized carbons (Fsp3) is 0.778. The zero-order chi connectivity index (χ0) is 14.2. The van der Waals surface area contributed by atoms with Gasteiger partial charge in [0.05, 0.1) is 26.6 Å². The first-order valence-corrected chi connectivity index (χ1v) is 6.77. The van der Waals surface area contributed by atoms with Crippen molar-refractivity contribution in [3.05, 3.63) is 0 Å². The van der Waals surface area contributed by atoms with Crippen LogP contribution in [0.15, 0.2) is 0 Å². The van der Waals surface area contributed by atoms with E-state index >= 15 is 0 Å². The Hall–Kier alpha value is -1.19. The molecule has 0 aromatic carbocycles. The number of esters is 2. The minimum atomic E-state index is -3.77. The molecule has 0 fully saturated rings. The summed E-state index contributed by atoms with van der Waals surface area (Å²) in [5.74, 6) is -1.75. The smallest absolute Gasteiger partial charge is 0.326 e. The Kier molecular flexibility index (Phi) is 7.48. The topological polar surface area (TPSA) is 119 Å². The maximum absolute atomic E-state index is 11.5. The van der Waals surface area contributed by atoms with Crippen molar-refractivity contribution in [2.45, 2.75) is 18.9 Å². The lowest BCUT2D eigenvalue weighted by Gasteiger charge is -2.13. The summed E-state index contributed by atoms with van der Waals surface area (Å²) in [6.45, 7) is -0.705. The number of methoxy groups -OCH3 is 2. The van der Waals surface area contributed by atoms with Crippen molar-refractivity contribution >= 4 is 22.0 Å². The van der Waals surface area contributed by atoms with Gasteiger partial charge in [-0.2, -0.15) is 4.72 Å². The second kappa shape index (κ2) is 8.01. The number of rotatable bonds is 8. The van der Waals surface area contributed by atoms with Gasteiger partial charge in [0.15, 0.2) is 0 Å². The van der Waals surface area contributed by atoms with Crippen molar-refractivity contribution in [2.24, 2.45) is 0 Å². The molecule has 0 saturated heterocycles. The summed E-state index contributed by atoms with van der Waals surface area (Å²) in [5, 5.41) is 8.84.